The topological polar surface area (TPSA) is 293 Å². The van der Waals surface area contributed by atoms with E-state index in [2.05, 4.69) is 77.6 Å². The van der Waals surface area contributed by atoms with E-state index in [1.54, 1.807) is 48.5 Å². The molecule has 0 spiro atoms. The molecule has 0 radical (unpaired) electrons. The van der Waals surface area contributed by atoms with Crippen LogP contribution in [0.25, 0.3) is 33.4 Å². The van der Waals surface area contributed by atoms with Gasteiger partial charge in [-0.05, 0) is 345 Å². The van der Waals surface area contributed by atoms with E-state index in [0.29, 0.717) is 68.8 Å². The van der Waals surface area contributed by atoms with Crippen LogP contribution in [0.2, 0.25) is 0 Å². The first-order valence-electron chi connectivity index (χ1n) is 39.6. The fourth-order valence-electron chi connectivity index (χ4n) is 13.2. The Kier molecular flexibility index (Phi) is 47.4. The van der Waals surface area contributed by atoms with Crippen molar-refractivity contribution in [2.45, 2.75) is 187 Å². The van der Waals surface area contributed by atoms with Crippen molar-refractivity contribution in [1.29, 1.82) is 0 Å². The van der Waals surface area contributed by atoms with Crippen molar-refractivity contribution in [3.63, 3.8) is 0 Å². The summed E-state index contributed by atoms with van der Waals surface area (Å²) in [7, 11) is -1.76. The lowest BCUT2D eigenvalue weighted by molar-refractivity contribution is -0.193. The van der Waals surface area contributed by atoms with Crippen molar-refractivity contribution in [2.24, 2.45) is 0 Å². The summed E-state index contributed by atoms with van der Waals surface area (Å²) in [5, 5.41) is 43.9. The minimum atomic E-state index is -1.76. The second kappa shape index (κ2) is 56.7. The van der Waals surface area contributed by atoms with Gasteiger partial charge in [-0.3, -0.25) is 9.59 Å². The van der Waals surface area contributed by atoms with E-state index in [1.807, 2.05) is 69.3 Å². The first kappa shape index (κ1) is 104. The van der Waals surface area contributed by atoms with Gasteiger partial charge in [0.2, 0.25) is 0 Å². The zero-order chi connectivity index (χ0) is 91.9. The zero-order valence-corrected chi connectivity index (χ0v) is 73.4. The Hall–Kier alpha value is -11.1. The first-order chi connectivity index (χ1) is 59.9. The summed E-state index contributed by atoms with van der Waals surface area (Å²) in [5.74, 6) is -3.20. The molecule has 0 heterocycles. The second-order valence-corrected chi connectivity index (χ2v) is 31.4. The van der Waals surface area contributed by atoms with Gasteiger partial charge < -0.3 is 53.8 Å². The minimum absolute atomic E-state index is 0.0457. The molecule has 15 rings (SSSR count). The summed E-state index contributed by atoms with van der Waals surface area (Å²) >= 11 is 9.78. The Balaban J connectivity index is 0.000000256. The van der Waals surface area contributed by atoms with Gasteiger partial charge in [-0.2, -0.15) is 28.8 Å². The van der Waals surface area contributed by atoms with Crippen LogP contribution >= 0.6 is 47.8 Å². The van der Waals surface area contributed by atoms with Crippen LogP contribution < -0.4 is 33.9 Å². The number of aryl methyl sites for hydroxylation is 4. The highest BCUT2D eigenvalue weighted by Crippen LogP contribution is 2.40. The first-order valence-corrected chi connectivity index (χ1v) is 42.0. The summed E-state index contributed by atoms with van der Waals surface area (Å²) in [6.07, 6.45) is 24.5. The van der Waals surface area contributed by atoms with E-state index in [0.717, 1.165) is 161 Å². The quantitative estimate of drug-likeness (QED) is 0.0341. The van der Waals surface area contributed by atoms with Crippen LogP contribution in [-0.2, 0) is 38.4 Å². The maximum absolute atomic E-state index is 13.5. The van der Waals surface area contributed by atoms with Crippen LogP contribution in [-0.4, -0.2) is 94.4 Å². The van der Waals surface area contributed by atoms with Gasteiger partial charge in [0.1, 0.15) is 46.0 Å². The number of hydrogen-bond acceptors (Lipinski definition) is 19. The third-order valence-electron chi connectivity index (χ3n) is 19.3. The Morgan fingerprint density at radius 3 is 0.912 bits per heavy atom. The molecule has 0 amide bonds. The second-order valence-electron chi connectivity index (χ2n) is 28.8. The van der Waals surface area contributed by atoms with Crippen LogP contribution in [0, 0.1) is 74.2 Å². The third kappa shape index (κ3) is 37.7. The average Bonchev–Trinajstić information content (AvgIpc) is 1.54. The molecule has 0 aromatic heterocycles. The van der Waals surface area contributed by atoms with E-state index < -0.39 is 53.7 Å². The maximum atomic E-state index is 13.5. The number of hydrogen-bond donors (Lipinski definition) is 5. The van der Waals surface area contributed by atoms with Crippen molar-refractivity contribution < 1.29 is 127 Å². The van der Waals surface area contributed by atoms with Gasteiger partial charge in [0.15, 0.2) is 46.5 Å². The molecule has 664 valence electrons. The Bertz CT molecular complexity index is 5000. The number of aromatic hydroxyl groups is 2. The third-order valence-corrected chi connectivity index (χ3v) is 21.3. The monoisotopic (exact) mass is 1930 g/mol. The van der Waals surface area contributed by atoms with Crippen molar-refractivity contribution in [1.82, 2.24) is 0 Å². The number of carbonyl (C=O) groups excluding carboxylic acids is 8. The van der Waals surface area contributed by atoms with Crippen molar-refractivity contribution >= 4 is 91.8 Å². The van der Waals surface area contributed by atoms with Gasteiger partial charge in [-0.1, -0.05) is 73.5 Å². The lowest BCUT2D eigenvalue weighted by Gasteiger charge is -2.17. The molecule has 0 aliphatic heterocycles. The van der Waals surface area contributed by atoms with Crippen LogP contribution in [0.4, 0.5) is 35.1 Å². The lowest BCUT2D eigenvalue weighted by atomic mass is 9.80. The van der Waals surface area contributed by atoms with Crippen molar-refractivity contribution in [3.8, 4) is 79.4 Å². The van der Waals surface area contributed by atoms with Gasteiger partial charge in [0, 0.05) is 28.8 Å². The number of aliphatic hydroxyl groups is 1. The summed E-state index contributed by atoms with van der Waals surface area (Å²) < 4.78 is 140. The van der Waals surface area contributed by atoms with E-state index in [4.69, 9.17) is 77.8 Å². The molecule has 5 aliphatic rings. The highest BCUT2D eigenvalue weighted by molar-refractivity contribution is 9.11. The van der Waals surface area contributed by atoms with E-state index in [-0.39, 0.29) is 54.1 Å². The van der Waals surface area contributed by atoms with Crippen molar-refractivity contribution in [3.05, 3.63) is 264 Å². The van der Waals surface area contributed by atoms with Gasteiger partial charge >= 0.3 is 25.6 Å². The van der Waals surface area contributed by atoms with Crippen LogP contribution in [0.1, 0.15) is 151 Å². The average molecular weight is 1930 g/mol. The molecule has 10 aromatic carbocycles. The number of ether oxygens (including phenoxy) is 6. The molecule has 0 saturated heterocycles. The number of carbonyl (C=O) groups is 2. The van der Waals surface area contributed by atoms with Crippen molar-refractivity contribution in [2.75, 3.05) is 0 Å². The summed E-state index contributed by atoms with van der Waals surface area (Å²) in [4.78, 5) is 69.1. The largest absolute Gasteiger partial charge is 0.507 e. The molecule has 0 bridgehead atoms. The highest BCUT2D eigenvalue weighted by atomic mass is 79.9. The standard InChI is InChI=1S/C18H16F2O3.2C18H18F2O.C12H15BrO.C7H5BrO3.C7H7BrO.C6H5BF2O2.C5H10O.3CO2/c19-16-8-5-12(9-17(16)20)15-7-6-14(22-11-21)10-18(15)23-13-3-1-2-4-13;2*1-12-6-8-15(13-7-9-16(19)17(20)11-13)18(10-12)21-14-4-2-3-5-14;1-9-6-7-11(13)12(8-9)14-10-4-2-3-5-10;8-6-2-1-5(11-4-9)3-7(6)10;1-5-2-3-6(8)7(9)4-5;8-5-2-1-4(7(10)11)3-6(5)9;6-5-3-1-2-4-5;3*2-1-3/h5-11,13H,1-4H2;2*6-11,14H,2-5H2,1H3;6-8,10H,2-5H2,1H3;1-4,10H;2-4,9H,1H3;1-3,10-11H;5-6H,1-4H2;;;. The minimum Gasteiger partial charge on any atom is -0.507 e. The van der Waals surface area contributed by atoms with Gasteiger partial charge in [-0.25, -0.2) is 35.1 Å². The number of phenolic OH excluding ortho intramolecular Hbond substituents is 2. The summed E-state index contributed by atoms with van der Waals surface area (Å²) in [6, 6.07) is 47.1. The molecule has 5 fully saturated rings. The Labute approximate surface area is 744 Å². The number of halogens is 11. The molecule has 19 nitrogen and oxygen atoms in total. The number of aliphatic hydroxyl groups excluding tert-OH is 1. The predicted molar refractivity (Wildman–Crippen MR) is 461 cm³/mol. The Morgan fingerprint density at radius 1 is 0.328 bits per heavy atom. The zero-order valence-electron chi connectivity index (χ0n) is 68.7. The number of phenols is 2. The van der Waals surface area contributed by atoms with Crippen LogP contribution in [0.3, 0.4) is 0 Å². The van der Waals surface area contributed by atoms with Crippen LogP contribution in [0.15, 0.2) is 195 Å². The molecule has 125 heavy (non-hydrogen) atoms. The molecule has 31 heteroatoms. The molecule has 5 aliphatic carbocycles. The molecular formula is C94H94BBr3F8O19. The van der Waals surface area contributed by atoms with Gasteiger partial charge in [0.25, 0.3) is 12.9 Å². The molecule has 0 atom stereocenters. The highest BCUT2D eigenvalue weighted by Gasteiger charge is 2.24. The Morgan fingerprint density at radius 2 is 0.600 bits per heavy atom. The fraction of sp³-hybridized carbons (Fsp3) is 0.309. The van der Waals surface area contributed by atoms with E-state index in [1.165, 1.54) is 94.0 Å². The molecule has 0 unspecified atom stereocenters. The van der Waals surface area contributed by atoms with E-state index >= 15 is 0 Å². The maximum Gasteiger partial charge on any atom is 0.488 e. The summed E-state index contributed by atoms with van der Waals surface area (Å²) in [5.41, 5.74) is 8.48. The number of benzene rings is 10. The molecule has 5 N–H and O–H groups in total. The van der Waals surface area contributed by atoms with Gasteiger partial charge in [-0.15, -0.1) is 0 Å². The SMILES string of the molecule is Cc1ccc(-c2ccc(F)c(F)c2)c(OC2CCCC2)c1.Cc1ccc(-c2ccc(F)c(F)c2)c(OC2CCCC2)c1.Cc1ccc(Br)c(O)c1.Cc1ccc(Br)c(OC2CCCC2)c1.O=C=O.O=C=O.O=C=O.O=COc1ccc(-c2ccc(F)c(F)c2)c(OC2CCCC2)c1.O=COc1ccc(Br)c(O)c1.OB(O)c1ccc(F)c(F)c1.OC1CCCC1. The number of rotatable bonds is 16. The molecule has 5 saturated carbocycles. The molecular weight excluding hydrogens is 1840 g/mol. The van der Waals surface area contributed by atoms with Gasteiger partial charge in [0.05, 0.1) is 43.9 Å². The predicted octanol–water partition coefficient (Wildman–Crippen LogP) is 22.1. The lowest BCUT2D eigenvalue weighted by Crippen LogP contribution is -2.30. The smallest absolute Gasteiger partial charge is 0.488 e. The van der Waals surface area contributed by atoms with E-state index in [9.17, 15) is 44.7 Å². The molecule has 10 aromatic rings. The van der Waals surface area contributed by atoms with Crippen LogP contribution in [0.5, 0.6) is 46.0 Å². The fourth-order valence-corrected chi connectivity index (χ4v) is 14.0. The summed E-state index contributed by atoms with van der Waals surface area (Å²) in [6.45, 7) is 8.67. The normalized spacial score (nSPS) is 13.6.